The second kappa shape index (κ2) is 9.60. The van der Waals surface area contributed by atoms with Crippen molar-refractivity contribution in [2.75, 3.05) is 0 Å². The zero-order chi connectivity index (χ0) is 16.5. The maximum atomic E-state index is 13.9. The van der Waals surface area contributed by atoms with E-state index in [0.717, 1.165) is 25.3 Å². The van der Waals surface area contributed by atoms with Crippen LogP contribution >= 0.6 is 0 Å². The molecule has 1 aromatic carbocycles. The Balaban J connectivity index is 2.79. The molecular weight excluding hydrogens is 280 g/mol. The van der Waals surface area contributed by atoms with Crippen LogP contribution in [-0.4, -0.2) is 6.04 Å². The highest BCUT2D eigenvalue weighted by molar-refractivity contribution is 5.62. The Morgan fingerprint density at radius 1 is 1.14 bits per heavy atom. The Morgan fingerprint density at radius 3 is 2.41 bits per heavy atom. The molecule has 22 heavy (non-hydrogen) atoms. The Bertz CT molecular complexity index is 471. The van der Waals surface area contributed by atoms with Crippen LogP contribution in [0.1, 0.15) is 64.9 Å². The van der Waals surface area contributed by atoms with Crippen LogP contribution in [0.3, 0.4) is 0 Å². The average Bonchev–Trinajstić information content (AvgIpc) is 2.49. The molecule has 0 heterocycles. The van der Waals surface area contributed by atoms with Crippen LogP contribution in [0.5, 0.6) is 0 Å². The molecule has 124 valence electrons. The van der Waals surface area contributed by atoms with Crippen molar-refractivity contribution in [3.63, 3.8) is 0 Å². The predicted octanol–water partition coefficient (Wildman–Crippen LogP) is 5.91. The minimum atomic E-state index is -0.562. The van der Waals surface area contributed by atoms with Crippen LogP contribution in [0.15, 0.2) is 24.8 Å². The molecule has 0 aliphatic rings. The van der Waals surface area contributed by atoms with Gasteiger partial charge in [0, 0.05) is 23.4 Å². The lowest BCUT2D eigenvalue weighted by molar-refractivity contribution is 0.323. The van der Waals surface area contributed by atoms with E-state index in [1.165, 1.54) is 31.4 Å². The van der Waals surface area contributed by atoms with Crippen LogP contribution in [0.25, 0.3) is 5.70 Å². The van der Waals surface area contributed by atoms with Gasteiger partial charge in [0.25, 0.3) is 0 Å². The first kappa shape index (κ1) is 18.7. The van der Waals surface area contributed by atoms with Crippen molar-refractivity contribution in [1.82, 2.24) is 5.32 Å². The maximum absolute atomic E-state index is 13.9. The van der Waals surface area contributed by atoms with Crippen LogP contribution < -0.4 is 5.32 Å². The number of unbranched alkanes of at least 4 members (excludes halogenated alkanes) is 1. The molecule has 1 rings (SSSR count). The molecule has 0 aliphatic heterocycles. The van der Waals surface area contributed by atoms with Crippen LogP contribution in [0, 0.1) is 17.6 Å². The van der Waals surface area contributed by atoms with Gasteiger partial charge in [-0.15, -0.1) is 0 Å². The molecule has 0 saturated heterocycles. The summed E-state index contributed by atoms with van der Waals surface area (Å²) in [7, 11) is 0. The van der Waals surface area contributed by atoms with Gasteiger partial charge in [0.1, 0.15) is 11.6 Å². The van der Waals surface area contributed by atoms with E-state index in [-0.39, 0.29) is 6.04 Å². The molecule has 0 radical (unpaired) electrons. The third kappa shape index (κ3) is 5.43. The molecule has 1 nitrogen and oxygen atoms in total. The Morgan fingerprint density at radius 2 is 1.86 bits per heavy atom. The largest absolute Gasteiger partial charge is 0.382 e. The molecule has 0 aliphatic carbocycles. The molecule has 0 spiro atoms. The van der Waals surface area contributed by atoms with E-state index in [1.54, 1.807) is 0 Å². The van der Waals surface area contributed by atoms with Crippen molar-refractivity contribution in [2.45, 2.75) is 65.3 Å². The number of benzene rings is 1. The fourth-order valence-electron chi connectivity index (χ4n) is 2.97. The van der Waals surface area contributed by atoms with Gasteiger partial charge in [0.05, 0.1) is 0 Å². The molecular formula is C19H29F2N. The van der Waals surface area contributed by atoms with E-state index in [2.05, 4.69) is 32.7 Å². The third-order valence-corrected chi connectivity index (χ3v) is 4.21. The minimum Gasteiger partial charge on any atom is -0.382 e. The van der Waals surface area contributed by atoms with Crippen LogP contribution in [0.2, 0.25) is 0 Å². The summed E-state index contributed by atoms with van der Waals surface area (Å²) >= 11 is 0. The maximum Gasteiger partial charge on any atom is 0.135 e. The highest BCUT2D eigenvalue weighted by Gasteiger charge is 2.20. The monoisotopic (exact) mass is 309 g/mol. The summed E-state index contributed by atoms with van der Waals surface area (Å²) in [5.74, 6) is -0.559. The number of hydrogen-bond donors (Lipinski definition) is 1. The summed E-state index contributed by atoms with van der Waals surface area (Å²) in [6.07, 6.45) is 6.84. The number of rotatable bonds is 10. The molecule has 0 aromatic heterocycles. The van der Waals surface area contributed by atoms with Gasteiger partial charge in [0.2, 0.25) is 0 Å². The molecule has 0 saturated carbocycles. The molecule has 2 unspecified atom stereocenters. The van der Waals surface area contributed by atoms with Crippen molar-refractivity contribution >= 4 is 5.70 Å². The van der Waals surface area contributed by atoms with Crippen molar-refractivity contribution in [1.29, 1.82) is 0 Å². The zero-order valence-electron chi connectivity index (χ0n) is 14.1. The quantitative estimate of drug-likeness (QED) is 0.566. The lowest BCUT2D eigenvalue weighted by Crippen LogP contribution is -2.34. The summed E-state index contributed by atoms with van der Waals surface area (Å²) in [5.41, 5.74) is 0.896. The Hall–Kier alpha value is -1.38. The minimum absolute atomic E-state index is 0.281. The van der Waals surface area contributed by atoms with Gasteiger partial charge in [-0.2, -0.15) is 0 Å². The van der Waals surface area contributed by atoms with E-state index in [9.17, 15) is 8.78 Å². The summed E-state index contributed by atoms with van der Waals surface area (Å²) in [6, 6.07) is 3.91. The van der Waals surface area contributed by atoms with Gasteiger partial charge in [0.15, 0.2) is 0 Å². The second-order valence-electron chi connectivity index (χ2n) is 5.95. The predicted molar refractivity (Wildman–Crippen MR) is 90.5 cm³/mol. The number of halogens is 2. The first-order chi connectivity index (χ1) is 10.5. The van der Waals surface area contributed by atoms with Crippen LogP contribution in [0.4, 0.5) is 8.78 Å². The Kier molecular flexibility index (Phi) is 8.15. The highest BCUT2D eigenvalue weighted by Crippen LogP contribution is 2.24. The summed E-state index contributed by atoms with van der Waals surface area (Å²) in [4.78, 5) is 0. The van der Waals surface area contributed by atoms with Gasteiger partial charge in [-0.05, 0) is 37.3 Å². The third-order valence-electron chi connectivity index (χ3n) is 4.21. The van der Waals surface area contributed by atoms with Crippen molar-refractivity contribution in [3.8, 4) is 0 Å². The van der Waals surface area contributed by atoms with Crippen molar-refractivity contribution in [3.05, 3.63) is 42.0 Å². The zero-order valence-corrected chi connectivity index (χ0v) is 14.1. The van der Waals surface area contributed by atoms with Gasteiger partial charge in [-0.1, -0.05) is 46.6 Å². The standard InChI is InChI=1S/C19H29F2N/c1-5-8-10-15(9-6-2)19(7-3)22-14(4)17-12-11-16(20)13-18(17)21/h11-13,15,19,22H,4-10H2,1-3H3. The fourth-order valence-corrected chi connectivity index (χ4v) is 2.97. The summed E-state index contributed by atoms with van der Waals surface area (Å²) in [5, 5.41) is 3.38. The van der Waals surface area contributed by atoms with Crippen LogP contribution in [-0.2, 0) is 0 Å². The molecule has 1 aromatic rings. The highest BCUT2D eigenvalue weighted by atomic mass is 19.1. The van der Waals surface area contributed by atoms with E-state index in [1.807, 2.05) is 0 Å². The fraction of sp³-hybridized carbons (Fsp3) is 0.579. The molecule has 2 atom stereocenters. The van der Waals surface area contributed by atoms with E-state index < -0.39 is 11.6 Å². The van der Waals surface area contributed by atoms with Gasteiger partial charge in [-0.3, -0.25) is 0 Å². The normalized spacial score (nSPS) is 13.7. The average molecular weight is 309 g/mol. The molecule has 1 N–H and O–H groups in total. The van der Waals surface area contributed by atoms with Crippen molar-refractivity contribution < 1.29 is 8.78 Å². The molecule has 0 fully saturated rings. The van der Waals surface area contributed by atoms with E-state index in [0.29, 0.717) is 17.2 Å². The number of hydrogen-bond acceptors (Lipinski definition) is 1. The van der Waals surface area contributed by atoms with Gasteiger partial charge >= 0.3 is 0 Å². The first-order valence-corrected chi connectivity index (χ1v) is 8.44. The molecule has 0 bridgehead atoms. The van der Waals surface area contributed by atoms with E-state index in [4.69, 9.17) is 0 Å². The number of nitrogens with one attached hydrogen (secondary N) is 1. The topological polar surface area (TPSA) is 12.0 Å². The Labute approximate surface area is 133 Å². The summed E-state index contributed by atoms with van der Waals surface area (Å²) < 4.78 is 26.9. The molecule has 3 heteroatoms. The SMILES string of the molecule is C=C(NC(CC)C(CCC)CCCC)c1ccc(F)cc1F. The van der Waals surface area contributed by atoms with Gasteiger partial charge in [-0.25, -0.2) is 8.78 Å². The van der Waals surface area contributed by atoms with E-state index >= 15 is 0 Å². The second-order valence-corrected chi connectivity index (χ2v) is 5.95. The smallest absolute Gasteiger partial charge is 0.135 e. The van der Waals surface area contributed by atoms with Gasteiger partial charge < -0.3 is 5.32 Å². The summed E-state index contributed by atoms with van der Waals surface area (Å²) in [6.45, 7) is 10.5. The van der Waals surface area contributed by atoms with Crippen molar-refractivity contribution in [2.24, 2.45) is 5.92 Å². The molecule has 0 amide bonds. The lowest BCUT2D eigenvalue weighted by atomic mass is 9.88. The first-order valence-electron chi connectivity index (χ1n) is 8.44. The lowest BCUT2D eigenvalue weighted by Gasteiger charge is -2.29.